The Kier molecular flexibility index (Phi) is 5.52. The highest BCUT2D eigenvalue weighted by molar-refractivity contribution is 7.10. The van der Waals surface area contributed by atoms with Crippen LogP contribution in [-0.4, -0.2) is 16.9 Å². The Balaban J connectivity index is 1.56. The summed E-state index contributed by atoms with van der Waals surface area (Å²) in [4.78, 5) is 11.6. The van der Waals surface area contributed by atoms with Gasteiger partial charge in [-0.15, -0.1) is 0 Å². The van der Waals surface area contributed by atoms with E-state index in [1.807, 2.05) is 30.3 Å². The van der Waals surface area contributed by atoms with Crippen molar-refractivity contribution in [2.24, 2.45) is 0 Å². The highest BCUT2D eigenvalue weighted by atomic mass is 32.1. The van der Waals surface area contributed by atoms with Gasteiger partial charge in [-0.05, 0) is 29.6 Å². The molecular formula is C14H16N2O2S. The Hall–Kier alpha value is -1.72. The van der Waals surface area contributed by atoms with Gasteiger partial charge in [0.2, 0.25) is 5.91 Å². The maximum atomic E-state index is 11.6. The summed E-state index contributed by atoms with van der Waals surface area (Å²) in [6, 6.07) is 11.8. The molecule has 0 aliphatic carbocycles. The van der Waals surface area contributed by atoms with Crippen LogP contribution in [0.25, 0.3) is 0 Å². The SMILES string of the molecule is O=C(CCCOCc1ccccc1)Nc1ccns1. The summed E-state index contributed by atoms with van der Waals surface area (Å²) in [6.45, 7) is 1.18. The number of rotatable bonds is 7. The minimum Gasteiger partial charge on any atom is -0.377 e. The first-order valence-corrected chi connectivity index (χ1v) is 6.94. The van der Waals surface area contributed by atoms with Crippen molar-refractivity contribution < 1.29 is 9.53 Å². The van der Waals surface area contributed by atoms with E-state index in [0.29, 0.717) is 19.6 Å². The van der Waals surface area contributed by atoms with E-state index < -0.39 is 0 Å². The highest BCUT2D eigenvalue weighted by Gasteiger charge is 2.03. The summed E-state index contributed by atoms with van der Waals surface area (Å²) in [5.74, 6) is 0.00700. The molecule has 1 aromatic carbocycles. The molecule has 0 atom stereocenters. The lowest BCUT2D eigenvalue weighted by Crippen LogP contribution is -2.11. The average molecular weight is 276 g/mol. The van der Waals surface area contributed by atoms with Gasteiger partial charge in [0.15, 0.2) is 0 Å². The van der Waals surface area contributed by atoms with E-state index in [0.717, 1.165) is 17.0 Å². The van der Waals surface area contributed by atoms with Crippen LogP contribution < -0.4 is 5.32 Å². The standard InChI is InChI=1S/C14H16N2O2S/c17-13(16-14-8-9-15-19-14)7-4-10-18-11-12-5-2-1-3-6-12/h1-3,5-6,8-9H,4,7,10-11H2,(H,16,17). The number of nitrogens with one attached hydrogen (secondary N) is 1. The van der Waals surface area contributed by atoms with Gasteiger partial charge < -0.3 is 10.1 Å². The van der Waals surface area contributed by atoms with Gasteiger partial charge in [-0.3, -0.25) is 4.79 Å². The zero-order valence-electron chi connectivity index (χ0n) is 10.5. The van der Waals surface area contributed by atoms with Gasteiger partial charge in [0, 0.05) is 19.2 Å². The Morgan fingerprint density at radius 1 is 1.26 bits per heavy atom. The fraction of sp³-hybridized carbons (Fsp3) is 0.286. The normalized spacial score (nSPS) is 10.3. The van der Waals surface area contributed by atoms with Crippen LogP contribution in [0, 0.1) is 0 Å². The molecule has 2 rings (SSSR count). The monoisotopic (exact) mass is 276 g/mol. The van der Waals surface area contributed by atoms with Crippen LogP contribution in [-0.2, 0) is 16.1 Å². The summed E-state index contributed by atoms with van der Waals surface area (Å²) in [5.41, 5.74) is 1.15. The molecule has 0 unspecified atom stereocenters. The molecule has 0 bridgehead atoms. The van der Waals surface area contributed by atoms with E-state index in [1.54, 1.807) is 12.3 Å². The van der Waals surface area contributed by atoms with Crippen molar-refractivity contribution in [2.45, 2.75) is 19.4 Å². The number of aromatic nitrogens is 1. The Morgan fingerprint density at radius 2 is 2.11 bits per heavy atom. The number of ether oxygens (including phenoxy) is 1. The van der Waals surface area contributed by atoms with E-state index in [4.69, 9.17) is 4.74 Å². The van der Waals surface area contributed by atoms with E-state index in [-0.39, 0.29) is 5.91 Å². The first kappa shape index (κ1) is 13.7. The van der Waals surface area contributed by atoms with Crippen LogP contribution in [0.1, 0.15) is 18.4 Å². The number of anilines is 1. The third kappa shape index (κ3) is 5.19. The molecule has 4 nitrogen and oxygen atoms in total. The second kappa shape index (κ2) is 7.66. The molecule has 1 N–H and O–H groups in total. The number of amides is 1. The molecule has 0 saturated carbocycles. The second-order valence-corrected chi connectivity index (χ2v) is 4.90. The van der Waals surface area contributed by atoms with Crippen LogP contribution in [0.4, 0.5) is 5.00 Å². The average Bonchev–Trinajstić information content (AvgIpc) is 2.92. The van der Waals surface area contributed by atoms with Crippen molar-refractivity contribution in [1.29, 1.82) is 0 Å². The number of carbonyl (C=O) groups is 1. The van der Waals surface area contributed by atoms with E-state index >= 15 is 0 Å². The molecule has 0 aliphatic heterocycles. The molecule has 0 radical (unpaired) electrons. The quantitative estimate of drug-likeness (QED) is 0.791. The summed E-state index contributed by atoms with van der Waals surface area (Å²) in [6.07, 6.45) is 2.85. The van der Waals surface area contributed by atoms with Crippen molar-refractivity contribution in [1.82, 2.24) is 4.37 Å². The molecule has 19 heavy (non-hydrogen) atoms. The molecule has 1 heterocycles. The van der Waals surface area contributed by atoms with E-state index in [1.165, 1.54) is 11.5 Å². The minimum absolute atomic E-state index is 0.00700. The Bertz CT molecular complexity index is 485. The predicted octanol–water partition coefficient (Wildman–Crippen LogP) is 3.08. The van der Waals surface area contributed by atoms with Gasteiger partial charge in [0.1, 0.15) is 5.00 Å². The van der Waals surface area contributed by atoms with Gasteiger partial charge in [0.05, 0.1) is 6.61 Å². The first-order valence-electron chi connectivity index (χ1n) is 6.17. The summed E-state index contributed by atoms with van der Waals surface area (Å²) in [5, 5.41) is 3.58. The molecule has 5 heteroatoms. The van der Waals surface area contributed by atoms with Gasteiger partial charge in [-0.25, -0.2) is 0 Å². The summed E-state index contributed by atoms with van der Waals surface area (Å²) in [7, 11) is 0. The maximum absolute atomic E-state index is 11.6. The minimum atomic E-state index is 0.00700. The molecule has 1 amide bonds. The molecule has 0 spiro atoms. The zero-order chi connectivity index (χ0) is 13.3. The fourth-order valence-electron chi connectivity index (χ4n) is 1.58. The molecule has 0 fully saturated rings. The van der Waals surface area contributed by atoms with Crippen molar-refractivity contribution in [3.05, 3.63) is 48.2 Å². The van der Waals surface area contributed by atoms with Gasteiger partial charge in [0.25, 0.3) is 0 Å². The van der Waals surface area contributed by atoms with E-state index in [9.17, 15) is 4.79 Å². The van der Waals surface area contributed by atoms with Crippen molar-refractivity contribution in [3.8, 4) is 0 Å². The lowest BCUT2D eigenvalue weighted by Gasteiger charge is -2.04. The zero-order valence-corrected chi connectivity index (χ0v) is 11.4. The van der Waals surface area contributed by atoms with Crippen LogP contribution in [0.15, 0.2) is 42.6 Å². The van der Waals surface area contributed by atoms with E-state index in [2.05, 4.69) is 9.69 Å². The fourth-order valence-corrected chi connectivity index (χ4v) is 2.10. The predicted molar refractivity (Wildman–Crippen MR) is 76.1 cm³/mol. The third-order valence-corrected chi connectivity index (χ3v) is 3.17. The Morgan fingerprint density at radius 3 is 2.84 bits per heavy atom. The van der Waals surface area contributed by atoms with Crippen LogP contribution in [0.2, 0.25) is 0 Å². The maximum Gasteiger partial charge on any atom is 0.225 e. The largest absolute Gasteiger partial charge is 0.377 e. The van der Waals surface area contributed by atoms with Crippen LogP contribution in [0.5, 0.6) is 0 Å². The number of carbonyl (C=O) groups excluding carboxylic acids is 1. The highest BCUT2D eigenvalue weighted by Crippen LogP contribution is 2.11. The topological polar surface area (TPSA) is 51.2 Å². The van der Waals surface area contributed by atoms with Gasteiger partial charge in [-0.2, -0.15) is 4.37 Å². The van der Waals surface area contributed by atoms with Crippen molar-refractivity contribution in [3.63, 3.8) is 0 Å². The van der Waals surface area contributed by atoms with Crippen molar-refractivity contribution >= 4 is 22.4 Å². The molecule has 100 valence electrons. The Labute approximate surface area is 116 Å². The van der Waals surface area contributed by atoms with Gasteiger partial charge >= 0.3 is 0 Å². The number of hydrogen-bond donors (Lipinski definition) is 1. The summed E-state index contributed by atoms with van der Waals surface area (Å²) < 4.78 is 9.44. The van der Waals surface area contributed by atoms with Crippen molar-refractivity contribution in [2.75, 3.05) is 11.9 Å². The van der Waals surface area contributed by atoms with Crippen LogP contribution in [0.3, 0.4) is 0 Å². The summed E-state index contributed by atoms with van der Waals surface area (Å²) >= 11 is 1.28. The molecular weight excluding hydrogens is 260 g/mol. The second-order valence-electron chi connectivity index (χ2n) is 4.07. The lowest BCUT2D eigenvalue weighted by atomic mass is 10.2. The number of hydrogen-bond acceptors (Lipinski definition) is 4. The third-order valence-electron chi connectivity index (χ3n) is 2.50. The molecule has 0 saturated heterocycles. The van der Waals surface area contributed by atoms with Crippen LogP contribution >= 0.6 is 11.5 Å². The van der Waals surface area contributed by atoms with Gasteiger partial charge in [-0.1, -0.05) is 30.3 Å². The molecule has 2 aromatic rings. The smallest absolute Gasteiger partial charge is 0.225 e. The first-order chi connectivity index (χ1) is 9.34. The number of benzene rings is 1. The lowest BCUT2D eigenvalue weighted by molar-refractivity contribution is -0.116. The molecule has 1 aromatic heterocycles. The number of nitrogens with zero attached hydrogens (tertiary/aromatic N) is 1. The molecule has 0 aliphatic rings.